The summed E-state index contributed by atoms with van der Waals surface area (Å²) < 4.78 is 0. The maximum Gasteiger partial charge on any atom is 0.196 e. The lowest BCUT2D eigenvalue weighted by Crippen LogP contribution is -2.36. The Bertz CT molecular complexity index is 355. The fourth-order valence-electron chi connectivity index (χ4n) is 1.17. The van der Waals surface area contributed by atoms with Gasteiger partial charge in [0, 0.05) is 5.70 Å². The van der Waals surface area contributed by atoms with E-state index < -0.39 is 0 Å². The molecule has 1 atom stereocenters. The van der Waals surface area contributed by atoms with Gasteiger partial charge < -0.3 is 0 Å². The average molecular weight is 194 g/mol. The van der Waals surface area contributed by atoms with Gasteiger partial charge in [-0.3, -0.25) is 5.41 Å². The van der Waals surface area contributed by atoms with E-state index in [9.17, 15) is 0 Å². The molecule has 1 N–H and O–H groups in total. The molecule has 0 saturated heterocycles. The van der Waals surface area contributed by atoms with Gasteiger partial charge in [0.05, 0.1) is 11.0 Å². The minimum Gasteiger partial charge on any atom is -0.286 e. The van der Waals surface area contributed by atoms with Crippen molar-refractivity contribution >= 4 is 27.8 Å². The summed E-state index contributed by atoms with van der Waals surface area (Å²) in [5.74, 6) is 0.429. The van der Waals surface area contributed by atoms with E-state index in [4.69, 9.17) is 5.41 Å². The van der Waals surface area contributed by atoms with E-state index >= 15 is 0 Å². The van der Waals surface area contributed by atoms with Crippen LogP contribution in [-0.4, -0.2) is 21.1 Å². The van der Waals surface area contributed by atoms with Crippen LogP contribution in [0, 0.1) is 11.3 Å². The zero-order chi connectivity index (χ0) is 9.59. The average Bonchev–Trinajstić information content (AvgIpc) is 2.42. The number of fused-ring (bicyclic) bond motifs is 1. The largest absolute Gasteiger partial charge is 0.286 e. The fraction of sp³-hybridized carbons (Fsp3) is 0.375. The van der Waals surface area contributed by atoms with E-state index in [1.165, 1.54) is 11.8 Å². The van der Waals surface area contributed by atoms with Crippen LogP contribution in [0.1, 0.15) is 13.8 Å². The molecule has 0 radical (unpaired) electrons. The highest BCUT2D eigenvalue weighted by atomic mass is 32.2. The zero-order valence-corrected chi connectivity index (χ0v) is 8.35. The number of hydrazone groups is 1. The molecule has 0 fully saturated rings. The van der Waals surface area contributed by atoms with Crippen LogP contribution >= 0.6 is 11.8 Å². The zero-order valence-electron chi connectivity index (χ0n) is 7.53. The molecule has 0 bridgehead atoms. The molecule has 0 spiro atoms. The topological polar surface area (TPSA) is 51.8 Å². The number of nitrogens with zero attached hydrogens (tertiary/aromatic N) is 3. The molecule has 0 aromatic heterocycles. The third-order valence-corrected chi connectivity index (χ3v) is 2.86. The first-order chi connectivity index (χ1) is 6.09. The molecule has 2 rings (SSSR count). The molecule has 2 aliphatic rings. The Labute approximate surface area is 80.9 Å². The van der Waals surface area contributed by atoms with Crippen molar-refractivity contribution in [1.82, 2.24) is 5.01 Å². The number of aliphatic imine (C=N–C) groups is 1. The van der Waals surface area contributed by atoms with Crippen LogP contribution in [0.4, 0.5) is 0 Å². The van der Waals surface area contributed by atoms with Gasteiger partial charge >= 0.3 is 0 Å². The predicted octanol–water partition coefficient (Wildman–Crippen LogP) is 1.87. The van der Waals surface area contributed by atoms with Gasteiger partial charge in [-0.15, -0.1) is 0 Å². The second-order valence-corrected chi connectivity index (χ2v) is 4.19. The highest BCUT2D eigenvalue weighted by Crippen LogP contribution is 2.30. The van der Waals surface area contributed by atoms with Crippen LogP contribution in [0.2, 0.25) is 0 Å². The van der Waals surface area contributed by atoms with Gasteiger partial charge in [-0.1, -0.05) is 6.58 Å². The van der Waals surface area contributed by atoms with Crippen molar-refractivity contribution in [1.29, 1.82) is 5.41 Å². The van der Waals surface area contributed by atoms with Crippen LogP contribution in [0.25, 0.3) is 0 Å². The maximum absolute atomic E-state index is 7.81. The lowest BCUT2D eigenvalue weighted by molar-refractivity contribution is 0.602. The molecule has 0 aromatic carbocycles. The summed E-state index contributed by atoms with van der Waals surface area (Å²) in [5.41, 5.74) is 0.744. The monoisotopic (exact) mass is 194 g/mol. The highest BCUT2D eigenvalue weighted by Gasteiger charge is 2.32. The van der Waals surface area contributed by atoms with Gasteiger partial charge in [0.25, 0.3) is 0 Å². The molecule has 4 nitrogen and oxygen atoms in total. The molecule has 5 heteroatoms. The molecular weight excluding hydrogens is 184 g/mol. The quantitative estimate of drug-likeness (QED) is 0.640. The smallest absolute Gasteiger partial charge is 0.196 e. The van der Waals surface area contributed by atoms with E-state index in [-0.39, 0.29) is 5.92 Å². The van der Waals surface area contributed by atoms with E-state index in [0.717, 1.165) is 15.9 Å². The van der Waals surface area contributed by atoms with Crippen molar-refractivity contribution in [2.24, 2.45) is 16.0 Å². The maximum atomic E-state index is 7.81. The Morgan fingerprint density at radius 3 is 3.00 bits per heavy atom. The summed E-state index contributed by atoms with van der Waals surface area (Å²) in [6.07, 6.45) is 0. The van der Waals surface area contributed by atoms with Crippen molar-refractivity contribution in [3.8, 4) is 0 Å². The van der Waals surface area contributed by atoms with Crippen molar-refractivity contribution in [2.75, 3.05) is 0 Å². The Kier molecular flexibility index (Phi) is 1.76. The first-order valence-electron chi connectivity index (χ1n) is 3.98. The van der Waals surface area contributed by atoms with Gasteiger partial charge in [-0.05, 0) is 25.6 Å². The molecule has 1 unspecified atom stereocenters. The molecule has 0 aliphatic carbocycles. The Morgan fingerprint density at radius 1 is 1.62 bits per heavy atom. The minimum atomic E-state index is -0.0287. The van der Waals surface area contributed by atoms with Crippen molar-refractivity contribution < 1.29 is 0 Å². The Morgan fingerprint density at radius 2 is 2.31 bits per heavy atom. The molecule has 0 aromatic rings. The number of thioether (sulfide) groups is 1. The van der Waals surface area contributed by atoms with Crippen LogP contribution in [0.3, 0.4) is 0 Å². The molecule has 13 heavy (non-hydrogen) atoms. The standard InChI is InChI=1S/C8H10N4S/c1-4-5(2)10-8-12(7(4)9)11-6(3)13-8/h4,9H,2H2,1,3H3. The molecule has 0 saturated carbocycles. The lowest BCUT2D eigenvalue weighted by atomic mass is 10.1. The molecule has 68 valence electrons. The highest BCUT2D eigenvalue weighted by molar-refractivity contribution is 8.26. The number of hydrogen-bond acceptors (Lipinski definition) is 4. The lowest BCUT2D eigenvalue weighted by Gasteiger charge is -2.25. The van der Waals surface area contributed by atoms with E-state index in [0.29, 0.717) is 5.84 Å². The minimum absolute atomic E-state index is 0.0287. The summed E-state index contributed by atoms with van der Waals surface area (Å²) in [6, 6.07) is 0. The third kappa shape index (κ3) is 1.19. The number of hydrogen-bond donors (Lipinski definition) is 1. The fourth-order valence-corrected chi connectivity index (χ4v) is 1.94. The summed E-state index contributed by atoms with van der Waals surface area (Å²) >= 11 is 1.48. The van der Waals surface area contributed by atoms with E-state index in [1.807, 2.05) is 13.8 Å². The number of rotatable bonds is 0. The molecule has 2 heterocycles. The molecule has 2 aliphatic heterocycles. The van der Waals surface area contributed by atoms with Crippen LogP contribution < -0.4 is 0 Å². The summed E-state index contributed by atoms with van der Waals surface area (Å²) in [6.45, 7) is 7.64. The van der Waals surface area contributed by atoms with Crippen LogP contribution in [0.15, 0.2) is 22.4 Å². The van der Waals surface area contributed by atoms with Crippen LogP contribution in [0.5, 0.6) is 0 Å². The predicted molar refractivity (Wildman–Crippen MR) is 56.0 cm³/mol. The Balaban J connectivity index is 2.43. The third-order valence-electron chi connectivity index (χ3n) is 2.04. The second-order valence-electron chi connectivity index (χ2n) is 3.03. The van der Waals surface area contributed by atoms with Gasteiger partial charge in [0.15, 0.2) is 5.17 Å². The summed E-state index contributed by atoms with van der Waals surface area (Å²) in [7, 11) is 0. The first kappa shape index (κ1) is 8.50. The summed E-state index contributed by atoms with van der Waals surface area (Å²) in [4.78, 5) is 4.28. The Hall–Kier alpha value is -1.10. The van der Waals surface area contributed by atoms with Gasteiger partial charge in [-0.2, -0.15) is 10.1 Å². The van der Waals surface area contributed by atoms with Gasteiger partial charge in [0.1, 0.15) is 5.84 Å². The van der Waals surface area contributed by atoms with Gasteiger partial charge in [-0.25, -0.2) is 4.99 Å². The summed E-state index contributed by atoms with van der Waals surface area (Å²) in [5, 5.41) is 15.3. The van der Waals surface area contributed by atoms with E-state index in [1.54, 1.807) is 5.01 Å². The van der Waals surface area contributed by atoms with Crippen molar-refractivity contribution in [3.63, 3.8) is 0 Å². The van der Waals surface area contributed by atoms with Crippen LogP contribution in [-0.2, 0) is 0 Å². The van der Waals surface area contributed by atoms with Crippen molar-refractivity contribution in [2.45, 2.75) is 13.8 Å². The SMILES string of the molecule is C=C1N=C2SC(C)=NN2C(=N)C1C. The first-order valence-corrected chi connectivity index (χ1v) is 4.80. The second kappa shape index (κ2) is 2.70. The normalized spacial score (nSPS) is 27.2. The van der Waals surface area contributed by atoms with Gasteiger partial charge in [0.2, 0.25) is 0 Å². The molecular formula is C8H10N4S. The van der Waals surface area contributed by atoms with Crippen molar-refractivity contribution in [3.05, 3.63) is 12.3 Å². The number of nitrogens with one attached hydrogen (secondary N) is 1. The molecule has 0 amide bonds. The van der Waals surface area contributed by atoms with E-state index in [2.05, 4.69) is 16.7 Å². The number of amidine groups is 2.